The van der Waals surface area contributed by atoms with Gasteiger partial charge in [0.05, 0.1) is 0 Å². The maximum atomic E-state index is 9.75. The lowest BCUT2D eigenvalue weighted by Gasteiger charge is -1.89. The molecule has 0 aliphatic carbocycles. The van der Waals surface area contributed by atoms with Gasteiger partial charge < -0.3 is 0 Å². The highest BCUT2D eigenvalue weighted by atomic mass is 16.6. The smallest absolute Gasteiger partial charge is 0.203 e. The molecule has 0 saturated heterocycles. The van der Waals surface area contributed by atoms with Gasteiger partial charge >= 0.3 is 0 Å². The molecular weight excluding hydrogens is 134 g/mol. The van der Waals surface area contributed by atoms with Crippen molar-refractivity contribution in [1.29, 1.82) is 0 Å². The first kappa shape index (κ1) is 8.85. The van der Waals surface area contributed by atoms with E-state index >= 15 is 0 Å². The van der Waals surface area contributed by atoms with E-state index in [-0.39, 0.29) is 11.5 Å². The van der Waals surface area contributed by atoms with Gasteiger partial charge in [0.15, 0.2) is 0 Å². The zero-order chi connectivity index (χ0) is 7.82. The Balaban J connectivity index is 3.05. The lowest BCUT2D eigenvalue weighted by atomic mass is 10.2. The van der Waals surface area contributed by atoms with E-state index in [4.69, 9.17) is 0 Å². The molecule has 4 heteroatoms. The maximum Gasteiger partial charge on any atom is 0.203 e. The van der Waals surface area contributed by atoms with Crippen molar-refractivity contribution in [2.45, 2.75) is 19.3 Å². The molecule has 0 fully saturated rings. The summed E-state index contributed by atoms with van der Waals surface area (Å²) in [5.41, 5.74) is 0. The largest absolute Gasteiger partial charge is 0.265 e. The van der Waals surface area contributed by atoms with Crippen molar-refractivity contribution in [2.24, 2.45) is 0 Å². The minimum Gasteiger partial charge on any atom is -0.265 e. The van der Waals surface area contributed by atoms with Crippen LogP contribution in [0.2, 0.25) is 0 Å². The summed E-state index contributed by atoms with van der Waals surface area (Å²) in [5, 5.41) is 9.75. The van der Waals surface area contributed by atoms with Gasteiger partial charge in [0.1, 0.15) is 5.94 Å². The van der Waals surface area contributed by atoms with Crippen LogP contribution in [0.4, 0.5) is 0 Å². The van der Waals surface area contributed by atoms with E-state index in [1.165, 1.54) is 6.08 Å². The number of unbranched alkanes of at least 4 members (excludes halogenated alkanes) is 2. The summed E-state index contributed by atoms with van der Waals surface area (Å²) in [6.07, 6.45) is 3.17. The fourth-order valence-electron chi connectivity index (χ4n) is 0.546. The number of hydrogen-bond donors (Lipinski definition) is 0. The molecule has 56 valence electrons. The lowest BCUT2D eigenvalue weighted by molar-refractivity contribution is -0.480. The summed E-state index contributed by atoms with van der Waals surface area (Å²) in [4.78, 5) is 19.0. The Kier molecular flexibility index (Phi) is 5.29. The second-order valence-corrected chi connectivity index (χ2v) is 1.87. The van der Waals surface area contributed by atoms with Crippen molar-refractivity contribution in [3.63, 3.8) is 0 Å². The molecule has 0 rings (SSSR count). The Morgan fingerprint density at radius 1 is 1.50 bits per heavy atom. The zero-order valence-electron chi connectivity index (χ0n) is 5.58. The Labute approximate surface area is 58.7 Å². The Morgan fingerprint density at radius 2 is 2.20 bits per heavy atom. The average Bonchev–Trinajstić information content (AvgIpc) is 1.87. The molecular formula is C6H9NO3. The number of carbonyl (C=O) groups excluding carboxylic acids is 1. The van der Waals surface area contributed by atoms with Gasteiger partial charge in [-0.15, -0.1) is 0 Å². The van der Waals surface area contributed by atoms with Gasteiger partial charge in [-0.1, -0.05) is 0 Å². The predicted molar refractivity (Wildman–Crippen MR) is 36.0 cm³/mol. The summed E-state index contributed by atoms with van der Waals surface area (Å²) < 4.78 is 0. The Bertz CT molecular complexity index is 145. The van der Waals surface area contributed by atoms with Crippen LogP contribution in [0.3, 0.4) is 0 Å². The third-order valence-corrected chi connectivity index (χ3v) is 1.02. The standard InChI is InChI=1S/C6H9NO3/c8-6-4-2-1-3-5-7(9)10/h4H,1-3,5H2. The summed E-state index contributed by atoms with van der Waals surface area (Å²) in [5.74, 6) is 1.61. The molecule has 0 aromatic carbocycles. The van der Waals surface area contributed by atoms with Crippen LogP contribution in [0.5, 0.6) is 0 Å². The number of rotatable bonds is 5. The summed E-state index contributed by atoms with van der Waals surface area (Å²) >= 11 is 0. The fourth-order valence-corrected chi connectivity index (χ4v) is 0.546. The van der Waals surface area contributed by atoms with Crippen LogP contribution >= 0.6 is 0 Å². The first-order valence-corrected chi connectivity index (χ1v) is 3.08. The third kappa shape index (κ3) is 6.85. The Hall–Kier alpha value is -1.15. The Morgan fingerprint density at radius 3 is 2.70 bits per heavy atom. The highest BCUT2D eigenvalue weighted by Gasteiger charge is 1.93. The minimum absolute atomic E-state index is 0.00724. The highest BCUT2D eigenvalue weighted by Crippen LogP contribution is 1.94. The quantitative estimate of drug-likeness (QED) is 0.248. The number of allylic oxidation sites excluding steroid dienone is 1. The SMILES string of the molecule is O=C=CCCCC[N+](=O)[O-]. The number of hydrogen-bond acceptors (Lipinski definition) is 3. The lowest BCUT2D eigenvalue weighted by Crippen LogP contribution is -1.99. The average molecular weight is 143 g/mol. The molecule has 0 aromatic rings. The van der Waals surface area contributed by atoms with E-state index in [1.807, 2.05) is 0 Å². The fraction of sp³-hybridized carbons (Fsp3) is 0.667. The van der Waals surface area contributed by atoms with Crippen molar-refractivity contribution in [2.75, 3.05) is 6.54 Å². The molecule has 0 bridgehead atoms. The zero-order valence-corrected chi connectivity index (χ0v) is 5.58. The third-order valence-electron chi connectivity index (χ3n) is 1.02. The molecule has 0 unspecified atom stereocenters. The van der Waals surface area contributed by atoms with Crippen LogP contribution in [0.25, 0.3) is 0 Å². The van der Waals surface area contributed by atoms with Crippen LogP contribution in [-0.4, -0.2) is 17.4 Å². The molecule has 0 atom stereocenters. The molecule has 0 radical (unpaired) electrons. The minimum atomic E-state index is -0.357. The topological polar surface area (TPSA) is 60.2 Å². The molecule has 0 heterocycles. The van der Waals surface area contributed by atoms with Gasteiger partial charge in [0, 0.05) is 11.3 Å². The van der Waals surface area contributed by atoms with Gasteiger partial charge in [-0.05, 0) is 18.9 Å². The van der Waals surface area contributed by atoms with Crippen LogP contribution in [-0.2, 0) is 4.79 Å². The van der Waals surface area contributed by atoms with E-state index in [0.717, 1.165) is 0 Å². The van der Waals surface area contributed by atoms with Crippen molar-refractivity contribution < 1.29 is 9.72 Å². The predicted octanol–water partition coefficient (Wildman–Crippen LogP) is 0.821. The molecule has 0 aliphatic heterocycles. The van der Waals surface area contributed by atoms with E-state index in [2.05, 4.69) is 0 Å². The molecule has 0 saturated carbocycles. The highest BCUT2D eigenvalue weighted by molar-refractivity contribution is 5.44. The van der Waals surface area contributed by atoms with Crippen LogP contribution in [0, 0.1) is 10.1 Å². The number of nitro groups is 1. The molecule has 10 heavy (non-hydrogen) atoms. The second-order valence-electron chi connectivity index (χ2n) is 1.87. The summed E-state index contributed by atoms with van der Waals surface area (Å²) in [6.45, 7) is -0.00724. The molecule has 0 amide bonds. The summed E-state index contributed by atoms with van der Waals surface area (Å²) in [7, 11) is 0. The van der Waals surface area contributed by atoms with Crippen molar-refractivity contribution in [3.8, 4) is 0 Å². The van der Waals surface area contributed by atoms with Gasteiger partial charge in [0.2, 0.25) is 6.54 Å². The monoisotopic (exact) mass is 143 g/mol. The molecule has 0 aromatic heterocycles. The van der Waals surface area contributed by atoms with Gasteiger partial charge in [-0.3, -0.25) is 10.1 Å². The van der Waals surface area contributed by atoms with Crippen molar-refractivity contribution in [1.82, 2.24) is 0 Å². The van der Waals surface area contributed by atoms with Gasteiger partial charge in [-0.2, -0.15) is 0 Å². The first-order valence-electron chi connectivity index (χ1n) is 3.08. The molecule has 0 spiro atoms. The van der Waals surface area contributed by atoms with E-state index in [9.17, 15) is 14.9 Å². The number of nitrogens with zero attached hydrogens (tertiary/aromatic N) is 1. The normalized spacial score (nSPS) is 8.40. The first-order chi connectivity index (χ1) is 4.77. The van der Waals surface area contributed by atoms with Crippen LogP contribution < -0.4 is 0 Å². The summed E-state index contributed by atoms with van der Waals surface area (Å²) in [6, 6.07) is 0. The van der Waals surface area contributed by atoms with E-state index in [1.54, 1.807) is 5.94 Å². The van der Waals surface area contributed by atoms with Gasteiger partial charge in [-0.25, -0.2) is 4.79 Å². The van der Waals surface area contributed by atoms with E-state index in [0.29, 0.717) is 19.3 Å². The van der Waals surface area contributed by atoms with Crippen molar-refractivity contribution in [3.05, 3.63) is 16.2 Å². The molecule has 4 nitrogen and oxygen atoms in total. The second kappa shape index (κ2) is 5.98. The van der Waals surface area contributed by atoms with Crippen LogP contribution in [0.1, 0.15) is 19.3 Å². The maximum absolute atomic E-state index is 9.75. The molecule has 0 aliphatic rings. The van der Waals surface area contributed by atoms with Gasteiger partial charge in [0.25, 0.3) is 0 Å². The molecule has 0 N–H and O–H groups in total. The van der Waals surface area contributed by atoms with E-state index < -0.39 is 0 Å². The van der Waals surface area contributed by atoms with Crippen LogP contribution in [0.15, 0.2) is 6.08 Å². The van der Waals surface area contributed by atoms with Crippen molar-refractivity contribution >= 4 is 5.94 Å².